The first-order valence-electron chi connectivity index (χ1n) is 12.4. The van der Waals surface area contributed by atoms with Crippen LogP contribution < -0.4 is 5.32 Å². The molecule has 7 nitrogen and oxygen atoms in total. The second-order valence-corrected chi connectivity index (χ2v) is 12.0. The highest BCUT2D eigenvalue weighted by molar-refractivity contribution is 6.31. The Morgan fingerprint density at radius 2 is 1.86 bits per heavy atom. The van der Waals surface area contributed by atoms with E-state index in [4.69, 9.17) is 11.6 Å². The maximum Gasteiger partial charge on any atom is 0.274 e. The van der Waals surface area contributed by atoms with Gasteiger partial charge in [0.05, 0.1) is 28.4 Å². The molecule has 2 saturated carbocycles. The van der Waals surface area contributed by atoms with Gasteiger partial charge in [-0.1, -0.05) is 32.4 Å². The number of benzene rings is 1. The van der Waals surface area contributed by atoms with Crippen molar-refractivity contribution in [3.63, 3.8) is 0 Å². The van der Waals surface area contributed by atoms with Crippen molar-refractivity contribution in [1.29, 1.82) is 0 Å². The van der Waals surface area contributed by atoms with Crippen molar-refractivity contribution < 1.29 is 14.3 Å². The van der Waals surface area contributed by atoms with Crippen LogP contribution in [0.3, 0.4) is 0 Å². The molecule has 36 heavy (non-hydrogen) atoms. The van der Waals surface area contributed by atoms with Crippen LogP contribution in [0.2, 0.25) is 5.02 Å². The first kappa shape index (κ1) is 25.0. The molecule has 2 N–H and O–H groups in total. The number of aryl methyl sites for hydroxylation is 2. The van der Waals surface area contributed by atoms with E-state index < -0.39 is 11.4 Å². The molecule has 0 bridgehead atoms. The Kier molecular flexibility index (Phi) is 6.03. The molecule has 0 aliphatic heterocycles. The molecule has 1 amide bonds. The number of imidazole rings is 1. The molecule has 2 unspecified atom stereocenters. The largest absolute Gasteiger partial charge is 0.384 e. The molecule has 2 aliphatic rings. The number of carbonyl (C=O) groups is 1. The van der Waals surface area contributed by atoms with Crippen LogP contribution in [-0.4, -0.2) is 30.3 Å². The lowest BCUT2D eigenvalue weighted by Crippen LogP contribution is -2.26. The summed E-state index contributed by atoms with van der Waals surface area (Å²) in [5.41, 5.74) is 2.59. The Morgan fingerprint density at radius 3 is 2.44 bits per heavy atom. The fourth-order valence-electron chi connectivity index (χ4n) is 6.15. The highest BCUT2D eigenvalue weighted by Gasteiger charge is 2.51. The topological polar surface area (TPSA) is 85.0 Å². The van der Waals surface area contributed by atoms with Gasteiger partial charge in [-0.15, -0.1) is 0 Å². The van der Waals surface area contributed by atoms with E-state index in [1.165, 1.54) is 18.2 Å². The van der Waals surface area contributed by atoms with Gasteiger partial charge in [0, 0.05) is 31.1 Å². The molecule has 2 heterocycles. The highest BCUT2D eigenvalue weighted by Crippen LogP contribution is 2.57. The molecule has 2 atom stereocenters. The van der Waals surface area contributed by atoms with Crippen LogP contribution in [0.1, 0.15) is 79.9 Å². The van der Waals surface area contributed by atoms with Crippen LogP contribution in [0, 0.1) is 17.7 Å². The maximum atomic E-state index is 13.5. The van der Waals surface area contributed by atoms with Crippen LogP contribution in [0.4, 0.5) is 10.1 Å². The molecule has 9 heteroatoms. The lowest BCUT2D eigenvalue weighted by atomic mass is 9.87. The molecule has 2 aliphatic carbocycles. The molecular weight excluding hydrogens is 481 g/mol. The minimum atomic E-state index is -0.891. The predicted octanol–water partition coefficient (Wildman–Crippen LogP) is 5.29. The van der Waals surface area contributed by atoms with Crippen molar-refractivity contribution in [1.82, 2.24) is 19.3 Å². The van der Waals surface area contributed by atoms with Crippen molar-refractivity contribution in [2.24, 2.45) is 25.9 Å². The molecule has 2 fully saturated rings. The van der Waals surface area contributed by atoms with E-state index in [0.717, 1.165) is 29.9 Å². The summed E-state index contributed by atoms with van der Waals surface area (Å²) >= 11 is 5.87. The second-order valence-electron chi connectivity index (χ2n) is 11.6. The van der Waals surface area contributed by atoms with Crippen LogP contribution in [-0.2, 0) is 25.1 Å². The minimum Gasteiger partial charge on any atom is -0.384 e. The number of anilines is 1. The fourth-order valence-corrected chi connectivity index (χ4v) is 6.33. The zero-order chi connectivity index (χ0) is 26.0. The zero-order valence-corrected chi connectivity index (χ0v) is 22.1. The summed E-state index contributed by atoms with van der Waals surface area (Å²) in [4.78, 5) is 17.8. The van der Waals surface area contributed by atoms with E-state index in [-0.39, 0.29) is 22.3 Å². The number of nitrogens with zero attached hydrogens (tertiary/aromatic N) is 4. The van der Waals surface area contributed by atoms with Crippen molar-refractivity contribution in [2.45, 2.75) is 63.4 Å². The van der Waals surface area contributed by atoms with Crippen molar-refractivity contribution >= 4 is 23.2 Å². The number of aliphatic hydroxyl groups is 1. The summed E-state index contributed by atoms with van der Waals surface area (Å²) in [5.74, 6) is 0.00327. The number of hydrogen-bond acceptors (Lipinski definition) is 4. The van der Waals surface area contributed by atoms with Gasteiger partial charge >= 0.3 is 0 Å². The first-order chi connectivity index (χ1) is 16.9. The van der Waals surface area contributed by atoms with Crippen LogP contribution in [0.25, 0.3) is 0 Å². The average molecular weight is 514 g/mol. The molecule has 2 aromatic heterocycles. The Hall–Kier alpha value is -2.71. The van der Waals surface area contributed by atoms with Gasteiger partial charge in [-0.3, -0.25) is 9.48 Å². The number of aromatic nitrogens is 4. The van der Waals surface area contributed by atoms with Crippen molar-refractivity contribution in [3.05, 3.63) is 64.2 Å². The fraction of sp³-hybridized carbons (Fsp3) is 0.519. The van der Waals surface area contributed by atoms with Gasteiger partial charge in [0.1, 0.15) is 17.1 Å². The summed E-state index contributed by atoms with van der Waals surface area (Å²) in [7, 11) is 3.71. The third kappa shape index (κ3) is 4.34. The Balaban J connectivity index is 1.32. The van der Waals surface area contributed by atoms with Gasteiger partial charge in [0.25, 0.3) is 5.91 Å². The molecule has 0 saturated heterocycles. The van der Waals surface area contributed by atoms with Crippen molar-refractivity contribution in [2.75, 3.05) is 5.32 Å². The Morgan fingerprint density at radius 1 is 1.19 bits per heavy atom. The summed E-state index contributed by atoms with van der Waals surface area (Å²) in [5, 5.41) is 19.1. The van der Waals surface area contributed by atoms with Gasteiger partial charge in [-0.2, -0.15) is 5.10 Å². The van der Waals surface area contributed by atoms with E-state index >= 15 is 0 Å². The Bertz CT molecular complexity index is 1310. The number of carbonyl (C=O) groups excluding carboxylic acids is 1. The van der Waals surface area contributed by atoms with Crippen LogP contribution >= 0.6 is 11.6 Å². The first-order valence-corrected chi connectivity index (χ1v) is 12.8. The highest BCUT2D eigenvalue weighted by atomic mass is 35.5. The van der Waals surface area contributed by atoms with E-state index in [1.807, 2.05) is 11.7 Å². The molecule has 5 rings (SSSR count). The summed E-state index contributed by atoms with van der Waals surface area (Å²) in [6.07, 6.45) is 4.77. The lowest BCUT2D eigenvalue weighted by Gasteiger charge is -2.25. The summed E-state index contributed by atoms with van der Waals surface area (Å²) in [6, 6.07) is 6.17. The standard InChI is InChI=1S/C27H33ClFN5O2/c1-26(2,3)21-11-22(34(5)32-21)27(36)12-16-8-15(9-17(16)13-27)23-24(33(4)14-30-23)25(35)31-18-6-7-20(29)19(28)10-18/h6-7,10-11,14-17,36H,8-9,12-13H2,1-5H3,(H,31,35). The minimum absolute atomic E-state index is 0.0443. The maximum absolute atomic E-state index is 13.5. The lowest BCUT2D eigenvalue weighted by molar-refractivity contribution is 0.0263. The van der Waals surface area contributed by atoms with Gasteiger partial charge < -0.3 is 15.0 Å². The smallest absolute Gasteiger partial charge is 0.274 e. The number of hydrogen-bond donors (Lipinski definition) is 2. The molecule has 0 spiro atoms. The van der Waals surface area contributed by atoms with E-state index in [2.05, 4.69) is 42.2 Å². The van der Waals surface area contributed by atoms with Gasteiger partial charge in [0.2, 0.25) is 0 Å². The molecule has 0 radical (unpaired) electrons. The number of amides is 1. The quantitative estimate of drug-likeness (QED) is 0.496. The average Bonchev–Trinajstić information content (AvgIpc) is 3.52. The second kappa shape index (κ2) is 8.70. The number of nitrogens with one attached hydrogen (secondary N) is 1. The molecule has 3 aromatic rings. The van der Waals surface area contributed by atoms with Crippen LogP contribution in [0.15, 0.2) is 30.6 Å². The molecule has 1 aromatic carbocycles. The van der Waals surface area contributed by atoms with Gasteiger partial charge in [-0.05, 0) is 61.8 Å². The zero-order valence-electron chi connectivity index (χ0n) is 21.3. The van der Waals surface area contributed by atoms with E-state index in [0.29, 0.717) is 36.1 Å². The number of rotatable bonds is 4. The summed E-state index contributed by atoms with van der Waals surface area (Å²) < 4.78 is 17.1. The third-order valence-electron chi connectivity index (χ3n) is 7.91. The van der Waals surface area contributed by atoms with Gasteiger partial charge in [-0.25, -0.2) is 9.37 Å². The SMILES string of the molecule is Cn1cnc(C2CC3CC(O)(c4cc(C(C)(C)C)nn4C)CC3C2)c1C(=O)Nc1ccc(F)c(Cl)c1. The predicted molar refractivity (Wildman–Crippen MR) is 137 cm³/mol. The third-order valence-corrected chi connectivity index (χ3v) is 8.20. The number of halogens is 2. The normalized spacial score (nSPS) is 25.8. The monoisotopic (exact) mass is 513 g/mol. The number of fused-ring (bicyclic) bond motifs is 1. The summed E-state index contributed by atoms with van der Waals surface area (Å²) in [6.45, 7) is 6.38. The van der Waals surface area contributed by atoms with Gasteiger partial charge in [0.15, 0.2) is 0 Å². The van der Waals surface area contributed by atoms with Crippen molar-refractivity contribution in [3.8, 4) is 0 Å². The Labute approximate surface area is 215 Å². The molecular formula is C27H33ClFN5O2. The van der Waals surface area contributed by atoms with Crippen LogP contribution in [0.5, 0.6) is 0 Å². The van der Waals surface area contributed by atoms with E-state index in [1.54, 1.807) is 17.9 Å². The van der Waals surface area contributed by atoms with E-state index in [9.17, 15) is 14.3 Å². The molecule has 192 valence electrons.